The van der Waals surface area contributed by atoms with E-state index in [-0.39, 0.29) is 0 Å². The lowest BCUT2D eigenvalue weighted by atomic mass is 10.1. The molecule has 0 aliphatic carbocycles. The molecule has 1 fully saturated rings. The monoisotopic (exact) mass is 262 g/mol. The van der Waals surface area contributed by atoms with Crippen LogP contribution in [0.4, 0.5) is 5.69 Å². The van der Waals surface area contributed by atoms with E-state index in [1.165, 1.54) is 17.7 Å². The van der Waals surface area contributed by atoms with Crippen LogP contribution in [0.1, 0.15) is 25.8 Å². The van der Waals surface area contributed by atoms with Crippen LogP contribution >= 0.6 is 0 Å². The van der Waals surface area contributed by atoms with Crippen molar-refractivity contribution in [2.24, 2.45) is 5.92 Å². The normalized spacial score (nSPS) is 24.7. The highest BCUT2D eigenvalue weighted by atomic mass is 16.5. The number of aryl methyl sites for hydroxylation is 1. The Hall–Kier alpha value is -1.22. The second kappa shape index (κ2) is 6.29. The minimum absolute atomic E-state index is 0.584. The van der Waals surface area contributed by atoms with Gasteiger partial charge in [-0.2, -0.15) is 0 Å². The molecule has 0 radical (unpaired) electrons. The summed E-state index contributed by atoms with van der Waals surface area (Å²) in [5.74, 6) is 1.63. The molecule has 1 N–H and O–H groups in total. The van der Waals surface area contributed by atoms with Crippen molar-refractivity contribution in [1.29, 1.82) is 0 Å². The molecule has 0 saturated carbocycles. The first-order valence-corrected chi connectivity index (χ1v) is 7.23. The Morgan fingerprint density at radius 3 is 2.84 bits per heavy atom. The molecule has 1 aliphatic heterocycles. The van der Waals surface area contributed by atoms with Gasteiger partial charge in [-0.15, -0.1) is 0 Å². The molecule has 0 aromatic heterocycles. The van der Waals surface area contributed by atoms with Crippen LogP contribution in [0.5, 0.6) is 5.75 Å². The van der Waals surface area contributed by atoms with Gasteiger partial charge in [0.2, 0.25) is 0 Å². The quantitative estimate of drug-likeness (QED) is 0.887. The van der Waals surface area contributed by atoms with Crippen molar-refractivity contribution in [1.82, 2.24) is 5.32 Å². The number of benzene rings is 1. The molecule has 1 aromatic rings. The van der Waals surface area contributed by atoms with Crippen molar-refractivity contribution in [3.63, 3.8) is 0 Å². The zero-order valence-electron chi connectivity index (χ0n) is 12.6. The zero-order chi connectivity index (χ0) is 13.8. The number of methoxy groups -OCH3 is 1. The van der Waals surface area contributed by atoms with Gasteiger partial charge >= 0.3 is 0 Å². The first-order valence-electron chi connectivity index (χ1n) is 7.23. The van der Waals surface area contributed by atoms with Gasteiger partial charge in [0.05, 0.1) is 12.8 Å². The van der Waals surface area contributed by atoms with Crippen LogP contribution in [-0.4, -0.2) is 32.8 Å². The SMILES string of the molecule is COc1ccc(C)cc1N1CCC(C)NCC(C)C1. The van der Waals surface area contributed by atoms with Gasteiger partial charge < -0.3 is 15.0 Å². The summed E-state index contributed by atoms with van der Waals surface area (Å²) in [4.78, 5) is 2.48. The number of hydrogen-bond donors (Lipinski definition) is 1. The second-order valence-corrected chi connectivity index (χ2v) is 5.82. The van der Waals surface area contributed by atoms with E-state index in [1.54, 1.807) is 7.11 Å². The third-order valence-electron chi connectivity index (χ3n) is 3.85. The van der Waals surface area contributed by atoms with E-state index in [2.05, 4.69) is 49.2 Å². The first kappa shape index (κ1) is 14.2. The van der Waals surface area contributed by atoms with E-state index >= 15 is 0 Å². The topological polar surface area (TPSA) is 24.5 Å². The summed E-state index contributed by atoms with van der Waals surface area (Å²) in [6.07, 6.45) is 1.17. The fourth-order valence-electron chi connectivity index (χ4n) is 2.65. The molecule has 3 nitrogen and oxygen atoms in total. The third kappa shape index (κ3) is 3.63. The predicted molar refractivity (Wildman–Crippen MR) is 81.2 cm³/mol. The molecule has 0 spiro atoms. The lowest BCUT2D eigenvalue weighted by Crippen LogP contribution is -2.42. The highest BCUT2D eigenvalue weighted by Gasteiger charge is 2.19. The molecule has 1 heterocycles. The molecule has 2 atom stereocenters. The number of nitrogens with zero attached hydrogens (tertiary/aromatic N) is 1. The molecule has 2 unspecified atom stereocenters. The van der Waals surface area contributed by atoms with Crippen molar-refractivity contribution in [2.45, 2.75) is 33.2 Å². The van der Waals surface area contributed by atoms with Crippen LogP contribution in [0.2, 0.25) is 0 Å². The average Bonchev–Trinajstić information content (AvgIpc) is 2.39. The van der Waals surface area contributed by atoms with Gasteiger partial charge in [0.25, 0.3) is 0 Å². The predicted octanol–water partition coefficient (Wildman–Crippen LogP) is 2.83. The zero-order valence-corrected chi connectivity index (χ0v) is 12.6. The van der Waals surface area contributed by atoms with Gasteiger partial charge in [0.15, 0.2) is 0 Å². The number of anilines is 1. The smallest absolute Gasteiger partial charge is 0.142 e. The van der Waals surface area contributed by atoms with E-state index in [0.29, 0.717) is 12.0 Å². The van der Waals surface area contributed by atoms with E-state index in [0.717, 1.165) is 25.4 Å². The van der Waals surface area contributed by atoms with Crippen LogP contribution in [0, 0.1) is 12.8 Å². The summed E-state index contributed by atoms with van der Waals surface area (Å²) in [6.45, 7) is 9.97. The molecule has 1 saturated heterocycles. The molecular formula is C16H26N2O. The molecule has 2 rings (SSSR count). The van der Waals surface area contributed by atoms with Crippen molar-refractivity contribution in [3.8, 4) is 5.75 Å². The molecule has 0 amide bonds. The van der Waals surface area contributed by atoms with Crippen LogP contribution in [0.25, 0.3) is 0 Å². The number of hydrogen-bond acceptors (Lipinski definition) is 3. The summed E-state index contributed by atoms with van der Waals surface area (Å²) in [7, 11) is 1.76. The number of rotatable bonds is 2. The molecular weight excluding hydrogens is 236 g/mol. The molecule has 1 aliphatic rings. The molecule has 3 heteroatoms. The Labute approximate surface area is 116 Å². The average molecular weight is 262 g/mol. The van der Waals surface area contributed by atoms with Crippen LogP contribution in [0.15, 0.2) is 18.2 Å². The second-order valence-electron chi connectivity index (χ2n) is 5.82. The van der Waals surface area contributed by atoms with Crippen molar-refractivity contribution in [3.05, 3.63) is 23.8 Å². The number of nitrogens with one attached hydrogen (secondary N) is 1. The van der Waals surface area contributed by atoms with Crippen LogP contribution in [0.3, 0.4) is 0 Å². The largest absolute Gasteiger partial charge is 0.495 e. The fourth-order valence-corrected chi connectivity index (χ4v) is 2.65. The van der Waals surface area contributed by atoms with E-state index in [9.17, 15) is 0 Å². The van der Waals surface area contributed by atoms with Crippen LogP contribution < -0.4 is 15.0 Å². The maximum absolute atomic E-state index is 5.53. The summed E-state index contributed by atoms with van der Waals surface area (Å²) in [5, 5.41) is 3.59. The van der Waals surface area contributed by atoms with Crippen molar-refractivity contribution in [2.75, 3.05) is 31.6 Å². The van der Waals surface area contributed by atoms with Crippen molar-refractivity contribution < 1.29 is 4.74 Å². The summed E-state index contributed by atoms with van der Waals surface area (Å²) in [6, 6.07) is 7.02. The van der Waals surface area contributed by atoms with Gasteiger partial charge in [0.1, 0.15) is 5.75 Å². The lowest BCUT2D eigenvalue weighted by molar-refractivity contribution is 0.396. The Morgan fingerprint density at radius 2 is 2.11 bits per heavy atom. The van der Waals surface area contributed by atoms with Crippen molar-refractivity contribution >= 4 is 5.69 Å². The highest BCUT2D eigenvalue weighted by molar-refractivity contribution is 5.60. The summed E-state index contributed by atoms with van der Waals surface area (Å²) >= 11 is 0. The van der Waals surface area contributed by atoms with E-state index < -0.39 is 0 Å². The summed E-state index contributed by atoms with van der Waals surface area (Å²) in [5.41, 5.74) is 2.53. The number of ether oxygens (including phenoxy) is 1. The molecule has 1 aromatic carbocycles. The highest BCUT2D eigenvalue weighted by Crippen LogP contribution is 2.30. The first-order chi connectivity index (χ1) is 9.10. The molecule has 106 valence electrons. The lowest BCUT2D eigenvalue weighted by Gasteiger charge is -2.33. The maximum Gasteiger partial charge on any atom is 0.142 e. The van der Waals surface area contributed by atoms with Gasteiger partial charge in [0, 0.05) is 19.1 Å². The van der Waals surface area contributed by atoms with Crippen LogP contribution in [-0.2, 0) is 0 Å². The minimum Gasteiger partial charge on any atom is -0.495 e. The molecule has 0 bridgehead atoms. The molecule has 19 heavy (non-hydrogen) atoms. The van der Waals surface area contributed by atoms with E-state index in [1.807, 2.05) is 0 Å². The van der Waals surface area contributed by atoms with Gasteiger partial charge in [-0.1, -0.05) is 13.0 Å². The fraction of sp³-hybridized carbons (Fsp3) is 0.625. The Morgan fingerprint density at radius 1 is 1.32 bits per heavy atom. The Kier molecular flexibility index (Phi) is 4.70. The third-order valence-corrected chi connectivity index (χ3v) is 3.85. The van der Waals surface area contributed by atoms with Gasteiger partial charge in [-0.05, 0) is 50.4 Å². The standard InChI is InChI=1S/C16H26N2O/c1-12-5-6-16(19-4)15(9-12)18-8-7-14(3)17-10-13(2)11-18/h5-6,9,13-14,17H,7-8,10-11H2,1-4H3. The summed E-state index contributed by atoms with van der Waals surface area (Å²) < 4.78 is 5.53. The Balaban J connectivity index is 2.24. The van der Waals surface area contributed by atoms with Gasteiger partial charge in [-0.25, -0.2) is 0 Å². The van der Waals surface area contributed by atoms with E-state index in [4.69, 9.17) is 4.74 Å². The van der Waals surface area contributed by atoms with Gasteiger partial charge in [-0.3, -0.25) is 0 Å². The Bertz CT molecular complexity index is 419. The maximum atomic E-state index is 5.53. The minimum atomic E-state index is 0.584.